The topological polar surface area (TPSA) is 284 Å². The zero-order chi connectivity index (χ0) is 29.3. The molecule has 14 N–H and O–H groups in total. The minimum atomic E-state index is -1.20. The normalized spacial score (nSPS) is 14.0. The van der Waals surface area contributed by atoms with E-state index in [2.05, 4.69) is 20.9 Å². The van der Waals surface area contributed by atoms with Crippen LogP contribution in [0.1, 0.15) is 65.2 Å². The number of carboxylic acid groups (broad SMARTS) is 1. The Kier molecular flexibility index (Phi) is 17.0. The molecule has 15 nitrogen and oxygen atoms in total. The van der Waals surface area contributed by atoms with Gasteiger partial charge in [-0.3, -0.25) is 24.2 Å². The summed E-state index contributed by atoms with van der Waals surface area (Å²) in [5.41, 5.74) is 27.1. The highest BCUT2D eigenvalue weighted by Crippen LogP contribution is 2.09. The molecule has 218 valence electrons. The zero-order valence-corrected chi connectivity index (χ0v) is 22.3. The Labute approximate surface area is 223 Å². The van der Waals surface area contributed by atoms with E-state index in [4.69, 9.17) is 28.7 Å². The molecule has 0 aliphatic carbocycles. The van der Waals surface area contributed by atoms with Gasteiger partial charge in [-0.25, -0.2) is 4.79 Å². The highest BCUT2D eigenvalue weighted by molar-refractivity contribution is 5.94. The number of carboxylic acids is 1. The number of hydrogen-bond acceptors (Lipinski definition) is 8. The van der Waals surface area contributed by atoms with Crippen molar-refractivity contribution < 1.29 is 29.1 Å². The zero-order valence-electron chi connectivity index (χ0n) is 22.3. The Balaban J connectivity index is 5.65. The maximum absolute atomic E-state index is 13.2. The number of hydrogen-bond donors (Lipinski definition) is 9. The lowest BCUT2D eigenvalue weighted by atomic mass is 10.0. The van der Waals surface area contributed by atoms with Crippen LogP contribution in [0.2, 0.25) is 0 Å². The third-order valence-corrected chi connectivity index (χ3v) is 5.52. The number of carbonyl (C=O) groups excluding carboxylic acids is 4. The first-order chi connectivity index (χ1) is 17.8. The molecule has 4 amide bonds. The smallest absolute Gasteiger partial charge is 0.326 e. The molecule has 0 rings (SSSR count). The Bertz CT molecular complexity index is 817. The molecule has 0 fully saturated rings. The van der Waals surface area contributed by atoms with Crippen molar-refractivity contribution in [3.8, 4) is 0 Å². The van der Waals surface area contributed by atoms with Gasteiger partial charge >= 0.3 is 5.97 Å². The second-order valence-electron chi connectivity index (χ2n) is 9.50. The number of unbranched alkanes of at least 4 members (excludes halogenated alkanes) is 1. The van der Waals surface area contributed by atoms with Gasteiger partial charge in [0.1, 0.15) is 18.1 Å². The van der Waals surface area contributed by atoms with E-state index in [1.54, 1.807) is 0 Å². The summed E-state index contributed by atoms with van der Waals surface area (Å²) < 4.78 is 0. The Morgan fingerprint density at radius 3 is 1.79 bits per heavy atom. The Morgan fingerprint density at radius 1 is 0.789 bits per heavy atom. The van der Waals surface area contributed by atoms with E-state index in [9.17, 15) is 29.1 Å². The quantitative estimate of drug-likeness (QED) is 0.0436. The average Bonchev–Trinajstić information content (AvgIpc) is 2.82. The SMILES string of the molecule is CC(C)CC(NC(=O)C(CCCN=C(N)N)NC(=O)C(CCCCN)NC(=O)C(N)CCC(N)=O)C(=O)O. The summed E-state index contributed by atoms with van der Waals surface area (Å²) >= 11 is 0. The van der Waals surface area contributed by atoms with Gasteiger partial charge in [-0.1, -0.05) is 13.8 Å². The fourth-order valence-electron chi connectivity index (χ4n) is 3.48. The monoisotopic (exact) mass is 543 g/mol. The number of nitrogens with two attached hydrogens (primary N) is 5. The van der Waals surface area contributed by atoms with Crippen molar-refractivity contribution in [1.29, 1.82) is 0 Å². The second-order valence-corrected chi connectivity index (χ2v) is 9.50. The first kappa shape index (κ1) is 34.5. The van der Waals surface area contributed by atoms with E-state index in [0.717, 1.165) is 0 Å². The highest BCUT2D eigenvalue weighted by atomic mass is 16.4. The van der Waals surface area contributed by atoms with Crippen LogP contribution >= 0.6 is 0 Å². The first-order valence-corrected chi connectivity index (χ1v) is 12.7. The number of nitrogens with one attached hydrogen (secondary N) is 3. The maximum atomic E-state index is 13.2. The molecular formula is C23H45N9O6. The molecule has 0 saturated heterocycles. The van der Waals surface area contributed by atoms with Gasteiger partial charge in [0.2, 0.25) is 23.6 Å². The minimum absolute atomic E-state index is 0.000552. The van der Waals surface area contributed by atoms with E-state index in [-0.39, 0.29) is 50.5 Å². The van der Waals surface area contributed by atoms with E-state index >= 15 is 0 Å². The third-order valence-electron chi connectivity index (χ3n) is 5.52. The van der Waals surface area contributed by atoms with Crippen molar-refractivity contribution in [1.82, 2.24) is 16.0 Å². The van der Waals surface area contributed by atoms with Crippen LogP contribution in [-0.4, -0.2) is 77.9 Å². The molecule has 0 spiro atoms. The van der Waals surface area contributed by atoms with Gasteiger partial charge in [-0.2, -0.15) is 0 Å². The van der Waals surface area contributed by atoms with Crippen molar-refractivity contribution in [2.24, 2.45) is 39.6 Å². The molecule has 0 aromatic rings. The van der Waals surface area contributed by atoms with Gasteiger partial charge in [-0.15, -0.1) is 0 Å². The number of guanidine groups is 1. The van der Waals surface area contributed by atoms with Crippen LogP contribution in [0.3, 0.4) is 0 Å². The van der Waals surface area contributed by atoms with E-state index in [0.29, 0.717) is 25.8 Å². The summed E-state index contributed by atoms with van der Waals surface area (Å²) in [6, 6.07) is -4.39. The van der Waals surface area contributed by atoms with Crippen molar-refractivity contribution in [3.63, 3.8) is 0 Å². The molecule has 0 aliphatic rings. The van der Waals surface area contributed by atoms with Gasteiger partial charge in [0, 0.05) is 13.0 Å². The minimum Gasteiger partial charge on any atom is -0.480 e. The molecule has 0 aromatic carbocycles. The van der Waals surface area contributed by atoms with Crippen LogP contribution in [0.15, 0.2) is 4.99 Å². The van der Waals surface area contributed by atoms with Crippen molar-refractivity contribution in [3.05, 3.63) is 0 Å². The van der Waals surface area contributed by atoms with E-state index in [1.807, 2.05) is 13.8 Å². The molecule has 0 radical (unpaired) electrons. The summed E-state index contributed by atoms with van der Waals surface area (Å²) in [5.74, 6) is -3.96. The largest absolute Gasteiger partial charge is 0.480 e. The molecule has 0 aromatic heterocycles. The van der Waals surface area contributed by atoms with Crippen LogP contribution in [0.25, 0.3) is 0 Å². The number of aliphatic carboxylic acids is 1. The fraction of sp³-hybridized carbons (Fsp3) is 0.739. The van der Waals surface area contributed by atoms with Crippen molar-refractivity contribution in [2.75, 3.05) is 13.1 Å². The summed E-state index contributed by atoms with van der Waals surface area (Å²) in [7, 11) is 0. The van der Waals surface area contributed by atoms with Gasteiger partial charge in [0.15, 0.2) is 5.96 Å². The van der Waals surface area contributed by atoms with Gasteiger partial charge < -0.3 is 49.7 Å². The Hall–Kier alpha value is -3.46. The number of rotatable bonds is 20. The molecule has 4 unspecified atom stereocenters. The predicted molar refractivity (Wildman–Crippen MR) is 142 cm³/mol. The van der Waals surface area contributed by atoms with E-state index < -0.39 is 53.8 Å². The molecule has 0 saturated carbocycles. The van der Waals surface area contributed by atoms with Crippen LogP contribution in [0.4, 0.5) is 0 Å². The summed E-state index contributed by atoms with van der Waals surface area (Å²) in [4.78, 5) is 65.2. The molecule has 38 heavy (non-hydrogen) atoms. The molecule has 0 heterocycles. The van der Waals surface area contributed by atoms with Crippen LogP contribution in [-0.2, 0) is 24.0 Å². The number of primary amides is 1. The molecule has 0 aliphatic heterocycles. The lowest BCUT2D eigenvalue weighted by molar-refractivity contribution is -0.143. The second kappa shape index (κ2) is 18.7. The first-order valence-electron chi connectivity index (χ1n) is 12.7. The Morgan fingerprint density at radius 2 is 1.32 bits per heavy atom. The van der Waals surface area contributed by atoms with Crippen molar-refractivity contribution in [2.45, 2.75) is 89.4 Å². The molecule has 4 atom stereocenters. The highest BCUT2D eigenvalue weighted by Gasteiger charge is 2.30. The number of aliphatic imine (C=N–C) groups is 1. The van der Waals surface area contributed by atoms with Crippen LogP contribution in [0, 0.1) is 5.92 Å². The molecular weight excluding hydrogens is 498 g/mol. The standard InChI is InChI=1S/C23H45N9O6/c1-13(2)12-17(22(37)38)32-21(36)16(7-5-11-29-23(27)28)31-20(35)15(6-3-4-10-24)30-19(34)14(25)8-9-18(26)33/h13-17H,3-12,24-25H2,1-2H3,(H2,26,33)(H,30,34)(H,31,35)(H,32,36)(H,37,38)(H4,27,28,29). The van der Waals surface area contributed by atoms with Gasteiger partial charge in [-0.05, 0) is 57.4 Å². The summed E-state index contributed by atoms with van der Waals surface area (Å²) in [5, 5.41) is 17.1. The fourth-order valence-corrected chi connectivity index (χ4v) is 3.48. The number of carbonyl (C=O) groups is 5. The van der Waals surface area contributed by atoms with Gasteiger partial charge in [0.25, 0.3) is 0 Å². The lowest BCUT2D eigenvalue weighted by Gasteiger charge is -2.25. The van der Waals surface area contributed by atoms with Crippen molar-refractivity contribution >= 4 is 35.6 Å². The number of nitrogens with zero attached hydrogens (tertiary/aromatic N) is 1. The molecule has 0 bridgehead atoms. The van der Waals surface area contributed by atoms with Crippen LogP contribution < -0.4 is 44.6 Å². The van der Waals surface area contributed by atoms with Gasteiger partial charge in [0.05, 0.1) is 6.04 Å². The third kappa shape index (κ3) is 15.6. The average molecular weight is 544 g/mol. The van der Waals surface area contributed by atoms with E-state index in [1.165, 1.54) is 0 Å². The lowest BCUT2D eigenvalue weighted by Crippen LogP contribution is -2.57. The maximum Gasteiger partial charge on any atom is 0.326 e. The number of amides is 4. The molecule has 15 heteroatoms. The predicted octanol–water partition coefficient (Wildman–Crippen LogP) is -2.65. The summed E-state index contributed by atoms with van der Waals surface area (Å²) in [6.45, 7) is 4.20. The van der Waals surface area contributed by atoms with Crippen LogP contribution in [0.5, 0.6) is 0 Å². The summed E-state index contributed by atoms with van der Waals surface area (Å²) in [6.07, 6.45) is 1.80.